The van der Waals surface area contributed by atoms with E-state index in [1.807, 2.05) is 34.9 Å². The van der Waals surface area contributed by atoms with Crippen molar-refractivity contribution in [3.63, 3.8) is 0 Å². The number of nitrogens with zero attached hydrogens (tertiary/aromatic N) is 2. The van der Waals surface area contributed by atoms with E-state index in [1.165, 1.54) is 4.90 Å². The van der Waals surface area contributed by atoms with Gasteiger partial charge in [-0.25, -0.2) is 4.98 Å². The Morgan fingerprint density at radius 2 is 2.00 bits per heavy atom. The fourth-order valence-corrected chi connectivity index (χ4v) is 3.07. The van der Waals surface area contributed by atoms with Gasteiger partial charge >= 0.3 is 0 Å². The first kappa shape index (κ1) is 12.6. The van der Waals surface area contributed by atoms with Crippen LogP contribution in [0.2, 0.25) is 0 Å². The van der Waals surface area contributed by atoms with Gasteiger partial charge in [0.1, 0.15) is 0 Å². The summed E-state index contributed by atoms with van der Waals surface area (Å²) in [6, 6.07) is 14.2. The minimum absolute atomic E-state index is 0.509. The first-order valence-corrected chi connectivity index (χ1v) is 7.79. The number of nitrogens with two attached hydrogens (primary N) is 1. The van der Waals surface area contributed by atoms with Gasteiger partial charge in [0.25, 0.3) is 0 Å². The molecule has 3 aromatic rings. The van der Waals surface area contributed by atoms with E-state index >= 15 is 0 Å². The molecule has 0 amide bonds. The molecule has 0 saturated heterocycles. The summed E-state index contributed by atoms with van der Waals surface area (Å²) >= 11 is 5.20. The van der Waals surface area contributed by atoms with Gasteiger partial charge in [-0.1, -0.05) is 28.1 Å². The van der Waals surface area contributed by atoms with Crippen LogP contribution in [0.25, 0.3) is 16.7 Å². The average molecular weight is 334 g/mol. The van der Waals surface area contributed by atoms with Crippen molar-refractivity contribution >= 4 is 44.7 Å². The fourth-order valence-electron chi connectivity index (χ4n) is 2.13. The molecule has 0 saturated carbocycles. The van der Waals surface area contributed by atoms with Crippen LogP contribution in [0, 0.1) is 0 Å². The molecule has 3 rings (SSSR count). The number of hydrogen-bond donors (Lipinski definition) is 1. The van der Waals surface area contributed by atoms with E-state index in [2.05, 4.69) is 39.3 Å². The number of rotatable bonds is 2. The lowest BCUT2D eigenvalue weighted by Gasteiger charge is -2.10. The van der Waals surface area contributed by atoms with Gasteiger partial charge in [0, 0.05) is 9.37 Å². The van der Waals surface area contributed by atoms with Crippen molar-refractivity contribution < 1.29 is 0 Å². The molecule has 0 bridgehead atoms. The molecule has 19 heavy (non-hydrogen) atoms. The van der Waals surface area contributed by atoms with Crippen molar-refractivity contribution in [2.24, 2.45) is 0 Å². The predicted octanol–water partition coefficient (Wildman–Crippen LogP) is 4.09. The number of fused-ring (bicyclic) bond motifs is 1. The summed E-state index contributed by atoms with van der Waals surface area (Å²) < 4.78 is 3.01. The average Bonchev–Trinajstić information content (AvgIpc) is 2.74. The van der Waals surface area contributed by atoms with Crippen LogP contribution in [0.1, 0.15) is 0 Å². The second kappa shape index (κ2) is 4.90. The molecule has 0 aliphatic heterocycles. The van der Waals surface area contributed by atoms with Gasteiger partial charge in [-0.15, -0.1) is 11.8 Å². The normalized spacial score (nSPS) is 11.1. The smallest absolute Gasteiger partial charge is 0.205 e. The molecule has 2 aromatic carbocycles. The van der Waals surface area contributed by atoms with Gasteiger partial charge in [0.15, 0.2) is 0 Å². The number of anilines is 1. The summed E-state index contributed by atoms with van der Waals surface area (Å²) in [5, 5.41) is 0. The van der Waals surface area contributed by atoms with Gasteiger partial charge < -0.3 is 5.73 Å². The summed E-state index contributed by atoms with van der Waals surface area (Å²) in [5.74, 6) is 0.509. The molecular formula is C14H12BrN3S. The number of thioether (sulfide) groups is 1. The molecule has 0 atom stereocenters. The van der Waals surface area contributed by atoms with E-state index < -0.39 is 0 Å². The molecule has 0 aliphatic carbocycles. The summed E-state index contributed by atoms with van der Waals surface area (Å²) in [5.41, 5.74) is 9.06. The Bertz CT molecular complexity index is 752. The van der Waals surface area contributed by atoms with Crippen LogP contribution < -0.4 is 5.73 Å². The zero-order valence-corrected chi connectivity index (χ0v) is 12.7. The predicted molar refractivity (Wildman–Crippen MR) is 85.0 cm³/mol. The highest BCUT2D eigenvalue weighted by molar-refractivity contribution is 9.10. The van der Waals surface area contributed by atoms with Gasteiger partial charge in [0.05, 0.1) is 16.7 Å². The highest BCUT2D eigenvalue weighted by Gasteiger charge is 2.12. The Labute approximate surface area is 124 Å². The molecule has 1 aromatic heterocycles. The zero-order chi connectivity index (χ0) is 13.4. The van der Waals surface area contributed by atoms with Crippen molar-refractivity contribution in [1.82, 2.24) is 9.55 Å². The number of para-hydroxylation sites is 1. The maximum absolute atomic E-state index is 6.09. The van der Waals surface area contributed by atoms with Crippen molar-refractivity contribution in [1.29, 1.82) is 0 Å². The van der Waals surface area contributed by atoms with E-state index in [0.29, 0.717) is 5.95 Å². The number of nitrogen functional groups attached to an aromatic ring is 1. The largest absolute Gasteiger partial charge is 0.369 e. The molecule has 0 aliphatic rings. The topological polar surface area (TPSA) is 43.8 Å². The zero-order valence-electron chi connectivity index (χ0n) is 10.3. The van der Waals surface area contributed by atoms with Gasteiger partial charge in [-0.2, -0.15) is 0 Å². The van der Waals surface area contributed by atoms with Gasteiger partial charge in [0.2, 0.25) is 5.95 Å². The lowest BCUT2D eigenvalue weighted by molar-refractivity contribution is 1.07. The minimum Gasteiger partial charge on any atom is -0.369 e. The Balaban J connectivity index is 2.35. The van der Waals surface area contributed by atoms with Crippen LogP contribution >= 0.6 is 27.7 Å². The molecule has 96 valence electrons. The third-order valence-corrected chi connectivity index (χ3v) is 4.25. The standard InChI is InChI=1S/C14H12BrN3S/c1-19-13-5-3-2-4-11(13)18-12-8-9(15)6-7-10(12)17-14(18)16/h2-8H,1H3,(H2,16,17). The monoisotopic (exact) mass is 333 g/mol. The number of halogens is 1. The van der Waals surface area contributed by atoms with Crippen LogP contribution in [0.4, 0.5) is 5.95 Å². The molecule has 0 spiro atoms. The molecule has 5 heteroatoms. The lowest BCUT2D eigenvalue weighted by Crippen LogP contribution is -2.01. The van der Waals surface area contributed by atoms with Crippen LogP contribution in [0.15, 0.2) is 51.8 Å². The first-order valence-electron chi connectivity index (χ1n) is 5.77. The first-order chi connectivity index (χ1) is 9.20. The number of imidazole rings is 1. The Kier molecular flexibility index (Phi) is 3.24. The van der Waals surface area contributed by atoms with Gasteiger partial charge in [-0.3, -0.25) is 4.57 Å². The summed E-state index contributed by atoms with van der Waals surface area (Å²) in [4.78, 5) is 5.59. The van der Waals surface area contributed by atoms with Crippen LogP contribution in [0.3, 0.4) is 0 Å². The van der Waals surface area contributed by atoms with Crippen molar-refractivity contribution in [2.45, 2.75) is 4.90 Å². The minimum atomic E-state index is 0.509. The van der Waals surface area contributed by atoms with Crippen molar-refractivity contribution in [3.05, 3.63) is 46.9 Å². The molecule has 1 heterocycles. The Hall–Kier alpha value is -1.46. The Morgan fingerprint density at radius 1 is 1.21 bits per heavy atom. The van der Waals surface area contributed by atoms with Crippen LogP contribution in [0.5, 0.6) is 0 Å². The summed E-state index contributed by atoms with van der Waals surface area (Å²) in [7, 11) is 0. The fraction of sp³-hybridized carbons (Fsp3) is 0.0714. The van der Waals surface area contributed by atoms with Gasteiger partial charge in [-0.05, 0) is 36.6 Å². The van der Waals surface area contributed by atoms with E-state index in [0.717, 1.165) is 21.2 Å². The second-order valence-corrected chi connectivity index (χ2v) is 5.87. The van der Waals surface area contributed by atoms with E-state index in [-0.39, 0.29) is 0 Å². The molecule has 3 nitrogen and oxygen atoms in total. The molecule has 2 N–H and O–H groups in total. The molecular weight excluding hydrogens is 322 g/mol. The van der Waals surface area contributed by atoms with Crippen molar-refractivity contribution in [3.8, 4) is 5.69 Å². The van der Waals surface area contributed by atoms with Crippen LogP contribution in [-0.4, -0.2) is 15.8 Å². The van der Waals surface area contributed by atoms with Crippen LogP contribution in [-0.2, 0) is 0 Å². The molecule has 0 fully saturated rings. The SMILES string of the molecule is CSc1ccccc1-n1c(N)nc2ccc(Br)cc21. The number of hydrogen-bond acceptors (Lipinski definition) is 3. The maximum atomic E-state index is 6.09. The third-order valence-electron chi connectivity index (χ3n) is 2.97. The van der Waals surface area contributed by atoms with E-state index in [9.17, 15) is 0 Å². The lowest BCUT2D eigenvalue weighted by atomic mass is 10.3. The molecule has 0 unspecified atom stereocenters. The maximum Gasteiger partial charge on any atom is 0.205 e. The molecule has 0 radical (unpaired) electrons. The summed E-state index contributed by atoms with van der Waals surface area (Å²) in [6.45, 7) is 0. The summed E-state index contributed by atoms with van der Waals surface area (Å²) in [6.07, 6.45) is 2.06. The Morgan fingerprint density at radius 3 is 2.79 bits per heavy atom. The number of benzene rings is 2. The van der Waals surface area contributed by atoms with Crippen molar-refractivity contribution in [2.75, 3.05) is 12.0 Å². The van der Waals surface area contributed by atoms with E-state index in [1.54, 1.807) is 11.8 Å². The number of aromatic nitrogens is 2. The third kappa shape index (κ3) is 2.13. The highest BCUT2D eigenvalue weighted by atomic mass is 79.9. The second-order valence-electron chi connectivity index (χ2n) is 4.11. The van der Waals surface area contributed by atoms with E-state index in [4.69, 9.17) is 5.73 Å². The quantitative estimate of drug-likeness (QED) is 0.718. The highest BCUT2D eigenvalue weighted by Crippen LogP contribution is 2.30.